The van der Waals surface area contributed by atoms with Crippen LogP contribution in [0.1, 0.15) is 33.1 Å². The molecule has 1 aliphatic rings. The summed E-state index contributed by atoms with van der Waals surface area (Å²) in [4.78, 5) is 4.23. The maximum atomic E-state index is 9.19. The Labute approximate surface area is 140 Å². The summed E-state index contributed by atoms with van der Waals surface area (Å²) in [7, 11) is 1.79. The van der Waals surface area contributed by atoms with Crippen molar-refractivity contribution in [3.8, 4) is 0 Å². The van der Waals surface area contributed by atoms with Gasteiger partial charge >= 0.3 is 0 Å². The minimum atomic E-state index is 0. The molecule has 1 aliphatic heterocycles. The van der Waals surface area contributed by atoms with E-state index in [0.717, 1.165) is 51.5 Å². The summed E-state index contributed by atoms with van der Waals surface area (Å²) in [5, 5.41) is 15.9. The summed E-state index contributed by atoms with van der Waals surface area (Å²) in [5.74, 6) is 1.53. The van der Waals surface area contributed by atoms with Crippen LogP contribution in [0.25, 0.3) is 0 Å². The van der Waals surface area contributed by atoms with Crippen molar-refractivity contribution in [1.82, 2.24) is 10.6 Å². The lowest BCUT2D eigenvalue weighted by Gasteiger charge is -2.27. The third-order valence-electron chi connectivity index (χ3n) is 3.70. The number of aliphatic imine (C=N–C) groups is 1. The van der Waals surface area contributed by atoms with Crippen LogP contribution in [0.3, 0.4) is 0 Å². The number of nitrogens with one attached hydrogen (secondary N) is 2. The van der Waals surface area contributed by atoms with E-state index in [2.05, 4.69) is 29.5 Å². The molecule has 0 aromatic carbocycles. The lowest BCUT2D eigenvalue weighted by molar-refractivity contribution is 0.127. The van der Waals surface area contributed by atoms with E-state index in [-0.39, 0.29) is 36.0 Å². The average Bonchev–Trinajstić information content (AvgIpc) is 2.82. The van der Waals surface area contributed by atoms with Gasteiger partial charge < -0.3 is 20.5 Å². The molecule has 0 spiro atoms. The molecule has 0 saturated carbocycles. The smallest absolute Gasteiger partial charge is 0.190 e. The molecule has 0 aromatic rings. The molecule has 0 aromatic heterocycles. The fourth-order valence-electron chi connectivity index (χ4n) is 2.28. The van der Waals surface area contributed by atoms with E-state index in [1.54, 1.807) is 7.05 Å². The molecule has 20 heavy (non-hydrogen) atoms. The minimum absolute atomic E-state index is 0. The van der Waals surface area contributed by atoms with Gasteiger partial charge in [0.1, 0.15) is 0 Å². The third kappa shape index (κ3) is 7.08. The molecule has 0 aliphatic carbocycles. The second kappa shape index (κ2) is 10.6. The largest absolute Gasteiger partial charge is 0.396 e. The van der Waals surface area contributed by atoms with Crippen LogP contribution in [0.5, 0.6) is 0 Å². The van der Waals surface area contributed by atoms with Gasteiger partial charge in [0.2, 0.25) is 0 Å². The summed E-state index contributed by atoms with van der Waals surface area (Å²) >= 11 is 0. The highest BCUT2D eigenvalue weighted by Gasteiger charge is 2.34. The minimum Gasteiger partial charge on any atom is -0.396 e. The Morgan fingerprint density at radius 2 is 2.15 bits per heavy atom. The molecular weight excluding hydrogens is 369 g/mol. The first-order chi connectivity index (χ1) is 9.12. The number of hydrogen-bond donors (Lipinski definition) is 3. The summed E-state index contributed by atoms with van der Waals surface area (Å²) in [6.45, 7) is 7.89. The van der Waals surface area contributed by atoms with Gasteiger partial charge in [0.25, 0.3) is 0 Å². The second-order valence-corrected chi connectivity index (χ2v) is 5.81. The van der Waals surface area contributed by atoms with Crippen molar-refractivity contribution in [2.24, 2.45) is 16.3 Å². The van der Waals surface area contributed by atoms with Crippen LogP contribution in [-0.4, -0.2) is 51.0 Å². The Bertz CT molecular complexity index is 280. The SMILES string of the molecule is CN=C(NCCC(C)C)NCC1(CCO)CCOC1.I. The first-order valence-electron chi connectivity index (χ1n) is 7.25. The van der Waals surface area contributed by atoms with Crippen LogP contribution in [0.15, 0.2) is 4.99 Å². The molecule has 120 valence electrons. The number of guanidine groups is 1. The van der Waals surface area contributed by atoms with Gasteiger partial charge in [-0.1, -0.05) is 13.8 Å². The molecule has 0 bridgehead atoms. The fourth-order valence-corrected chi connectivity index (χ4v) is 2.28. The van der Waals surface area contributed by atoms with Gasteiger partial charge in [0.05, 0.1) is 6.61 Å². The van der Waals surface area contributed by atoms with Gasteiger partial charge in [-0.2, -0.15) is 0 Å². The van der Waals surface area contributed by atoms with E-state index in [1.807, 2.05) is 0 Å². The van der Waals surface area contributed by atoms with Gasteiger partial charge in [-0.3, -0.25) is 4.99 Å². The Morgan fingerprint density at radius 1 is 1.40 bits per heavy atom. The zero-order valence-electron chi connectivity index (χ0n) is 12.9. The Hall–Kier alpha value is -0.0800. The topological polar surface area (TPSA) is 65.9 Å². The highest BCUT2D eigenvalue weighted by atomic mass is 127. The summed E-state index contributed by atoms with van der Waals surface area (Å²) in [6, 6.07) is 0. The zero-order chi connectivity index (χ0) is 14.1. The molecule has 0 amide bonds. The fraction of sp³-hybridized carbons (Fsp3) is 0.929. The lowest BCUT2D eigenvalue weighted by atomic mass is 9.84. The van der Waals surface area contributed by atoms with E-state index >= 15 is 0 Å². The molecule has 1 saturated heterocycles. The Kier molecular flexibility index (Phi) is 10.6. The van der Waals surface area contributed by atoms with Crippen LogP contribution in [0.2, 0.25) is 0 Å². The quantitative estimate of drug-likeness (QED) is 0.346. The van der Waals surface area contributed by atoms with Gasteiger partial charge in [0.15, 0.2) is 5.96 Å². The second-order valence-electron chi connectivity index (χ2n) is 5.81. The Balaban J connectivity index is 0.00000361. The predicted octanol–water partition coefficient (Wildman–Crippen LogP) is 1.60. The number of ether oxygens (including phenoxy) is 1. The predicted molar refractivity (Wildman–Crippen MR) is 93.8 cm³/mol. The molecule has 5 nitrogen and oxygen atoms in total. The monoisotopic (exact) mass is 399 g/mol. The maximum absolute atomic E-state index is 9.19. The van der Waals surface area contributed by atoms with Crippen molar-refractivity contribution in [1.29, 1.82) is 0 Å². The summed E-state index contributed by atoms with van der Waals surface area (Å²) < 4.78 is 5.48. The van der Waals surface area contributed by atoms with Gasteiger partial charge in [-0.15, -0.1) is 24.0 Å². The normalized spacial score (nSPS) is 22.8. The molecular formula is C14H30IN3O2. The van der Waals surface area contributed by atoms with Crippen LogP contribution < -0.4 is 10.6 Å². The van der Waals surface area contributed by atoms with Gasteiger partial charge in [-0.05, 0) is 25.2 Å². The highest BCUT2D eigenvalue weighted by Crippen LogP contribution is 2.31. The molecule has 1 unspecified atom stereocenters. The zero-order valence-corrected chi connectivity index (χ0v) is 15.3. The summed E-state index contributed by atoms with van der Waals surface area (Å²) in [6.07, 6.45) is 2.91. The lowest BCUT2D eigenvalue weighted by Crippen LogP contribution is -2.44. The van der Waals surface area contributed by atoms with E-state index < -0.39 is 0 Å². The first kappa shape index (κ1) is 19.9. The molecule has 3 N–H and O–H groups in total. The standard InChI is InChI=1S/C14H29N3O2.HI/c1-12(2)4-7-16-13(15-3)17-10-14(5-8-18)6-9-19-11-14;/h12,18H,4-11H2,1-3H3,(H2,15,16,17);1H. The van der Waals surface area contributed by atoms with E-state index in [4.69, 9.17) is 4.74 Å². The number of aliphatic hydroxyl groups excluding tert-OH is 1. The maximum Gasteiger partial charge on any atom is 0.190 e. The van der Waals surface area contributed by atoms with Crippen molar-refractivity contribution in [3.63, 3.8) is 0 Å². The van der Waals surface area contributed by atoms with E-state index in [1.165, 1.54) is 0 Å². The number of nitrogens with zero attached hydrogens (tertiary/aromatic N) is 1. The number of aliphatic hydroxyl groups is 1. The van der Waals surface area contributed by atoms with Crippen LogP contribution in [0.4, 0.5) is 0 Å². The van der Waals surface area contributed by atoms with Crippen molar-refractivity contribution < 1.29 is 9.84 Å². The molecule has 1 fully saturated rings. The number of rotatable bonds is 7. The molecule has 1 rings (SSSR count). The molecule has 1 atom stereocenters. The molecule has 6 heteroatoms. The van der Waals surface area contributed by atoms with Crippen molar-refractivity contribution in [2.45, 2.75) is 33.1 Å². The molecule has 1 heterocycles. The average molecular weight is 399 g/mol. The summed E-state index contributed by atoms with van der Waals surface area (Å²) in [5.41, 5.74) is 0.0599. The van der Waals surface area contributed by atoms with Crippen LogP contribution >= 0.6 is 24.0 Å². The molecule has 0 radical (unpaired) electrons. The highest BCUT2D eigenvalue weighted by molar-refractivity contribution is 14.0. The van der Waals surface area contributed by atoms with Crippen molar-refractivity contribution in [3.05, 3.63) is 0 Å². The third-order valence-corrected chi connectivity index (χ3v) is 3.70. The van der Waals surface area contributed by atoms with Crippen LogP contribution in [0, 0.1) is 11.3 Å². The number of hydrogen-bond acceptors (Lipinski definition) is 3. The van der Waals surface area contributed by atoms with Gasteiger partial charge in [-0.25, -0.2) is 0 Å². The van der Waals surface area contributed by atoms with Gasteiger partial charge in [0, 0.05) is 38.8 Å². The Morgan fingerprint density at radius 3 is 2.65 bits per heavy atom. The first-order valence-corrected chi connectivity index (χ1v) is 7.25. The number of halogens is 1. The van der Waals surface area contributed by atoms with E-state index in [9.17, 15) is 5.11 Å². The van der Waals surface area contributed by atoms with Crippen LogP contribution in [-0.2, 0) is 4.74 Å². The van der Waals surface area contributed by atoms with Crippen molar-refractivity contribution in [2.75, 3.05) is 40.0 Å². The van der Waals surface area contributed by atoms with Crippen molar-refractivity contribution >= 4 is 29.9 Å². The van der Waals surface area contributed by atoms with E-state index in [0.29, 0.717) is 5.92 Å².